The minimum atomic E-state index is -0.283. The fraction of sp³-hybridized carbons (Fsp3) is 0.611. The second-order valence-electron chi connectivity index (χ2n) is 7.23. The van der Waals surface area contributed by atoms with E-state index in [1.807, 2.05) is 23.6 Å². The van der Waals surface area contributed by atoms with Crippen molar-refractivity contribution in [2.75, 3.05) is 33.2 Å². The van der Waals surface area contributed by atoms with Gasteiger partial charge in [0.2, 0.25) is 5.91 Å². The molecule has 2 heterocycles. The number of guanidine groups is 1. The van der Waals surface area contributed by atoms with Gasteiger partial charge in [0.25, 0.3) is 5.91 Å². The molecule has 8 heteroatoms. The molecule has 2 rings (SSSR count). The Labute approximate surface area is 154 Å². The molecule has 0 spiro atoms. The number of furan rings is 1. The molecule has 1 fully saturated rings. The number of amides is 2. The molecule has 1 aromatic heterocycles. The van der Waals surface area contributed by atoms with E-state index in [0.717, 1.165) is 0 Å². The minimum absolute atomic E-state index is 0.0883. The lowest BCUT2D eigenvalue weighted by molar-refractivity contribution is -0.145. The summed E-state index contributed by atoms with van der Waals surface area (Å²) in [6.07, 6.45) is 1.46. The van der Waals surface area contributed by atoms with E-state index in [1.54, 1.807) is 19.2 Å². The Balaban J connectivity index is 1.87. The first-order valence-electron chi connectivity index (χ1n) is 8.85. The maximum atomic E-state index is 12.6. The van der Waals surface area contributed by atoms with Crippen LogP contribution in [-0.4, -0.2) is 72.4 Å². The van der Waals surface area contributed by atoms with Crippen molar-refractivity contribution >= 4 is 17.8 Å². The minimum Gasteiger partial charge on any atom is -0.459 e. The summed E-state index contributed by atoms with van der Waals surface area (Å²) in [6.45, 7) is 10.1. The third-order valence-corrected chi connectivity index (χ3v) is 4.29. The van der Waals surface area contributed by atoms with E-state index >= 15 is 0 Å². The summed E-state index contributed by atoms with van der Waals surface area (Å²) in [5.74, 6) is 0.771. The Hall–Kier alpha value is -2.51. The molecule has 0 aromatic carbocycles. The average Bonchev–Trinajstić information content (AvgIpc) is 3.07. The van der Waals surface area contributed by atoms with Gasteiger partial charge in [-0.15, -0.1) is 0 Å². The molecule has 0 atom stereocenters. The molecular weight excluding hydrogens is 334 g/mol. The van der Waals surface area contributed by atoms with E-state index in [0.29, 0.717) is 32.1 Å². The molecule has 0 aliphatic carbocycles. The van der Waals surface area contributed by atoms with Gasteiger partial charge in [0.1, 0.15) is 0 Å². The van der Waals surface area contributed by atoms with E-state index in [9.17, 15) is 9.59 Å². The zero-order valence-corrected chi connectivity index (χ0v) is 16.2. The molecule has 1 aromatic rings. The van der Waals surface area contributed by atoms with Crippen LogP contribution in [0.15, 0.2) is 27.8 Å². The topological polar surface area (TPSA) is 90.2 Å². The number of carbonyl (C=O) groups is 2. The lowest BCUT2D eigenvalue weighted by Gasteiger charge is -2.49. The van der Waals surface area contributed by atoms with Gasteiger partial charge >= 0.3 is 0 Å². The lowest BCUT2D eigenvalue weighted by Crippen LogP contribution is -2.66. The Morgan fingerprint density at radius 2 is 2.04 bits per heavy atom. The van der Waals surface area contributed by atoms with Crippen molar-refractivity contribution in [3.8, 4) is 0 Å². The molecule has 0 saturated carbocycles. The van der Waals surface area contributed by atoms with Crippen LogP contribution in [0, 0.1) is 0 Å². The van der Waals surface area contributed by atoms with Crippen molar-refractivity contribution < 1.29 is 14.0 Å². The maximum absolute atomic E-state index is 12.6. The number of hydrogen-bond acceptors (Lipinski definition) is 4. The second kappa shape index (κ2) is 8.25. The molecule has 0 bridgehead atoms. The highest BCUT2D eigenvalue weighted by Crippen LogP contribution is 2.24. The first kappa shape index (κ1) is 19.8. The van der Waals surface area contributed by atoms with Crippen molar-refractivity contribution in [3.05, 3.63) is 24.2 Å². The SMILES string of the molecule is CN=C(NCCNC(=O)c1ccco1)N1CC(=O)N(C(C)C)C(C)(C)C1. The maximum Gasteiger partial charge on any atom is 0.287 e. The number of nitrogens with one attached hydrogen (secondary N) is 2. The summed E-state index contributed by atoms with van der Waals surface area (Å²) < 4.78 is 5.05. The smallest absolute Gasteiger partial charge is 0.287 e. The largest absolute Gasteiger partial charge is 0.459 e. The number of piperazine rings is 1. The summed E-state index contributed by atoms with van der Waals surface area (Å²) in [7, 11) is 1.69. The predicted molar refractivity (Wildman–Crippen MR) is 100 cm³/mol. The van der Waals surface area contributed by atoms with Crippen LogP contribution in [0.2, 0.25) is 0 Å². The molecule has 0 unspecified atom stereocenters. The molecule has 0 radical (unpaired) electrons. The normalized spacial score (nSPS) is 17.6. The van der Waals surface area contributed by atoms with Crippen LogP contribution in [0.25, 0.3) is 0 Å². The molecule has 26 heavy (non-hydrogen) atoms. The number of hydrogen-bond donors (Lipinski definition) is 2. The van der Waals surface area contributed by atoms with E-state index in [-0.39, 0.29) is 29.2 Å². The van der Waals surface area contributed by atoms with Crippen LogP contribution in [0.3, 0.4) is 0 Å². The third kappa shape index (κ3) is 4.56. The van der Waals surface area contributed by atoms with Gasteiger partial charge in [-0.2, -0.15) is 0 Å². The zero-order valence-electron chi connectivity index (χ0n) is 16.2. The van der Waals surface area contributed by atoms with Crippen molar-refractivity contribution in [1.82, 2.24) is 20.4 Å². The monoisotopic (exact) mass is 363 g/mol. The number of rotatable bonds is 5. The van der Waals surface area contributed by atoms with Crippen LogP contribution in [0.5, 0.6) is 0 Å². The van der Waals surface area contributed by atoms with Crippen LogP contribution >= 0.6 is 0 Å². The van der Waals surface area contributed by atoms with Crippen LogP contribution < -0.4 is 10.6 Å². The van der Waals surface area contributed by atoms with Gasteiger partial charge in [0.15, 0.2) is 11.7 Å². The Morgan fingerprint density at radius 1 is 1.35 bits per heavy atom. The Bertz CT molecular complexity index is 652. The summed E-state index contributed by atoms with van der Waals surface area (Å²) >= 11 is 0. The standard InChI is InChI=1S/C18H29N5O3/c1-13(2)23-15(24)11-22(12-18(23,3)4)17(19-5)21-9-8-20-16(25)14-7-6-10-26-14/h6-7,10,13H,8-9,11-12H2,1-5H3,(H,19,21)(H,20,25). The van der Waals surface area contributed by atoms with E-state index in [1.165, 1.54) is 6.26 Å². The van der Waals surface area contributed by atoms with Crippen molar-refractivity contribution in [1.29, 1.82) is 0 Å². The highest BCUT2D eigenvalue weighted by molar-refractivity contribution is 5.91. The van der Waals surface area contributed by atoms with Crippen LogP contribution in [0.4, 0.5) is 0 Å². The van der Waals surface area contributed by atoms with E-state index in [2.05, 4.69) is 29.5 Å². The van der Waals surface area contributed by atoms with Gasteiger partial charge in [-0.1, -0.05) is 0 Å². The molecule has 1 aliphatic rings. The van der Waals surface area contributed by atoms with Gasteiger partial charge in [-0.05, 0) is 39.8 Å². The Kier molecular flexibility index (Phi) is 6.28. The molecule has 8 nitrogen and oxygen atoms in total. The summed E-state index contributed by atoms with van der Waals surface area (Å²) in [5, 5.41) is 5.97. The van der Waals surface area contributed by atoms with Crippen molar-refractivity contribution in [3.63, 3.8) is 0 Å². The third-order valence-electron chi connectivity index (χ3n) is 4.29. The molecule has 144 valence electrons. The van der Waals surface area contributed by atoms with Crippen LogP contribution in [0.1, 0.15) is 38.2 Å². The number of nitrogens with zero attached hydrogens (tertiary/aromatic N) is 3. The van der Waals surface area contributed by atoms with E-state index in [4.69, 9.17) is 4.42 Å². The highest BCUT2D eigenvalue weighted by Gasteiger charge is 2.40. The van der Waals surface area contributed by atoms with Gasteiger partial charge in [-0.3, -0.25) is 14.6 Å². The molecule has 1 aliphatic heterocycles. The second-order valence-corrected chi connectivity index (χ2v) is 7.23. The first-order valence-corrected chi connectivity index (χ1v) is 8.85. The zero-order chi connectivity index (χ0) is 19.3. The van der Waals surface area contributed by atoms with Gasteiger partial charge in [0.05, 0.1) is 18.3 Å². The van der Waals surface area contributed by atoms with Gasteiger partial charge in [-0.25, -0.2) is 0 Å². The van der Waals surface area contributed by atoms with Crippen molar-refractivity contribution in [2.24, 2.45) is 4.99 Å². The highest BCUT2D eigenvalue weighted by atomic mass is 16.3. The van der Waals surface area contributed by atoms with Gasteiger partial charge < -0.3 is 24.9 Å². The molecule has 2 amide bonds. The van der Waals surface area contributed by atoms with Crippen LogP contribution in [-0.2, 0) is 4.79 Å². The molecule has 1 saturated heterocycles. The molecular formula is C18H29N5O3. The summed E-state index contributed by atoms with van der Waals surface area (Å²) in [6, 6.07) is 3.44. The summed E-state index contributed by atoms with van der Waals surface area (Å²) in [4.78, 5) is 32.6. The molecule has 2 N–H and O–H groups in total. The van der Waals surface area contributed by atoms with Crippen molar-refractivity contribution in [2.45, 2.75) is 39.3 Å². The lowest BCUT2D eigenvalue weighted by atomic mass is 9.96. The quantitative estimate of drug-likeness (QED) is 0.461. The average molecular weight is 363 g/mol. The number of carbonyl (C=O) groups excluding carboxylic acids is 2. The van der Waals surface area contributed by atoms with E-state index < -0.39 is 0 Å². The predicted octanol–water partition coefficient (Wildman–Crippen LogP) is 0.916. The van der Waals surface area contributed by atoms with Gasteiger partial charge in [0, 0.05) is 32.7 Å². The fourth-order valence-electron chi connectivity index (χ4n) is 3.49. The number of aliphatic imine (C=N–C) groups is 1. The first-order chi connectivity index (χ1) is 12.3. The fourth-order valence-corrected chi connectivity index (χ4v) is 3.49. The summed E-state index contributed by atoms with van der Waals surface area (Å²) in [5.41, 5.74) is -0.283. The Morgan fingerprint density at radius 3 is 2.58 bits per heavy atom.